The van der Waals surface area contributed by atoms with Gasteiger partial charge in [-0.25, -0.2) is 9.69 Å². The number of hydrogen-bond acceptors (Lipinski definition) is 4. The number of rotatable bonds is 3. The Balaban J connectivity index is 1.17. The maximum absolute atomic E-state index is 13.4. The molecule has 1 aliphatic heterocycles. The van der Waals surface area contributed by atoms with Gasteiger partial charge in [-0.15, -0.1) is 0 Å². The summed E-state index contributed by atoms with van der Waals surface area (Å²) in [5.74, 6) is 0.609. The summed E-state index contributed by atoms with van der Waals surface area (Å²) in [4.78, 5) is 40.9. The fraction of sp³-hybridized carbons (Fsp3) is 0.250. The van der Waals surface area contributed by atoms with Crippen molar-refractivity contribution >= 4 is 34.2 Å². The fourth-order valence-electron chi connectivity index (χ4n) is 6.38. The highest BCUT2D eigenvalue weighted by atomic mass is 16.5. The van der Waals surface area contributed by atoms with Crippen molar-refractivity contribution in [2.75, 3.05) is 4.90 Å². The smallest absolute Gasteiger partial charge is 0.343 e. The van der Waals surface area contributed by atoms with Crippen molar-refractivity contribution in [2.45, 2.75) is 6.42 Å². The van der Waals surface area contributed by atoms with Crippen molar-refractivity contribution in [3.05, 3.63) is 84.4 Å². The van der Waals surface area contributed by atoms with Crippen molar-refractivity contribution in [3.8, 4) is 5.75 Å². The molecule has 2 amide bonds. The van der Waals surface area contributed by atoms with E-state index in [1.165, 1.54) is 4.90 Å². The van der Waals surface area contributed by atoms with Crippen molar-refractivity contribution in [2.24, 2.45) is 35.5 Å². The topological polar surface area (TPSA) is 63.7 Å². The molecule has 6 atom stereocenters. The number of hydrogen-bond donors (Lipinski definition) is 0. The fourth-order valence-corrected chi connectivity index (χ4v) is 6.38. The van der Waals surface area contributed by atoms with E-state index in [2.05, 4.69) is 12.2 Å². The van der Waals surface area contributed by atoms with Crippen LogP contribution in [0.5, 0.6) is 5.75 Å². The minimum absolute atomic E-state index is 0.130. The van der Waals surface area contributed by atoms with Crippen LogP contribution in [0, 0.1) is 35.5 Å². The van der Waals surface area contributed by atoms with Crippen LogP contribution in [0.4, 0.5) is 5.69 Å². The number of imide groups is 1. The number of esters is 1. The lowest BCUT2D eigenvalue weighted by atomic mass is 9.63. The molecule has 8 rings (SSSR count). The van der Waals surface area contributed by atoms with Crippen LogP contribution in [0.3, 0.4) is 0 Å². The number of ether oxygens (including phenoxy) is 1. The van der Waals surface area contributed by atoms with E-state index in [0.717, 1.165) is 17.2 Å². The van der Waals surface area contributed by atoms with Crippen LogP contribution in [0.2, 0.25) is 0 Å². The molecule has 0 spiro atoms. The molecule has 2 bridgehead atoms. The summed E-state index contributed by atoms with van der Waals surface area (Å²) in [5, 5.41) is 2.04. The Kier molecular flexibility index (Phi) is 3.78. The number of amides is 2. The number of allylic oxidation sites excluding steroid dienone is 2. The van der Waals surface area contributed by atoms with Crippen LogP contribution in [0.15, 0.2) is 78.9 Å². The first-order chi connectivity index (χ1) is 16.1. The maximum atomic E-state index is 13.4. The minimum atomic E-state index is -0.522. The van der Waals surface area contributed by atoms with E-state index >= 15 is 0 Å². The van der Waals surface area contributed by atoms with Crippen LogP contribution in [-0.2, 0) is 9.59 Å². The van der Waals surface area contributed by atoms with Crippen LogP contribution in [0.1, 0.15) is 16.8 Å². The number of carbonyl (C=O) groups is 3. The highest BCUT2D eigenvalue weighted by molar-refractivity contribution is 6.23. The molecule has 3 aromatic carbocycles. The highest BCUT2D eigenvalue weighted by Gasteiger charge is 2.67. The van der Waals surface area contributed by atoms with Gasteiger partial charge in [-0.05, 0) is 71.2 Å². The second kappa shape index (κ2) is 6.64. The Labute approximate surface area is 190 Å². The Morgan fingerprint density at radius 1 is 0.788 bits per heavy atom. The van der Waals surface area contributed by atoms with Gasteiger partial charge in [0.05, 0.1) is 23.1 Å². The number of fused-ring (bicyclic) bond motifs is 1. The van der Waals surface area contributed by atoms with Crippen LogP contribution >= 0.6 is 0 Å². The second-order valence-corrected chi connectivity index (χ2v) is 9.62. The van der Waals surface area contributed by atoms with E-state index in [0.29, 0.717) is 28.8 Å². The van der Waals surface area contributed by atoms with Gasteiger partial charge in [0.25, 0.3) is 0 Å². The Hall–Kier alpha value is -3.73. The van der Waals surface area contributed by atoms with Gasteiger partial charge >= 0.3 is 5.97 Å². The minimum Gasteiger partial charge on any atom is -0.423 e. The van der Waals surface area contributed by atoms with E-state index in [9.17, 15) is 14.4 Å². The first-order valence-corrected chi connectivity index (χ1v) is 11.5. The lowest BCUT2D eigenvalue weighted by Gasteiger charge is -2.37. The molecule has 0 aromatic heterocycles. The molecule has 6 unspecified atom stereocenters. The number of benzene rings is 3. The Bertz CT molecular complexity index is 1360. The number of anilines is 1. The molecule has 1 saturated heterocycles. The van der Waals surface area contributed by atoms with Crippen molar-refractivity contribution < 1.29 is 19.1 Å². The Morgan fingerprint density at radius 3 is 2.21 bits per heavy atom. The number of nitrogens with zero attached hydrogens (tertiary/aromatic N) is 1. The summed E-state index contributed by atoms with van der Waals surface area (Å²) in [5.41, 5.74) is 0.750. The predicted octanol–water partition coefficient (Wildman–Crippen LogP) is 4.62. The van der Waals surface area contributed by atoms with Gasteiger partial charge in [0, 0.05) is 0 Å². The zero-order valence-electron chi connectivity index (χ0n) is 17.8. The highest BCUT2D eigenvalue weighted by Crippen LogP contribution is 2.65. The summed E-state index contributed by atoms with van der Waals surface area (Å²) in [7, 11) is 0. The molecule has 1 heterocycles. The standard InChI is InChI=1S/C28H21NO4/c30-26-24-20-10-11-21(23-14-22(20)23)25(24)27(31)29(26)18-7-3-6-17(12-18)28(32)33-19-9-8-15-4-1-2-5-16(15)13-19/h1-13,20-25H,14H2. The lowest BCUT2D eigenvalue weighted by Crippen LogP contribution is -2.40. The summed E-state index contributed by atoms with van der Waals surface area (Å²) in [6, 6.07) is 20.0. The molecule has 4 aliphatic carbocycles. The molecule has 3 aromatic rings. The molecule has 5 heteroatoms. The van der Waals surface area contributed by atoms with E-state index in [1.807, 2.05) is 36.4 Å². The molecule has 2 saturated carbocycles. The van der Waals surface area contributed by atoms with Crippen molar-refractivity contribution in [1.29, 1.82) is 0 Å². The van der Waals surface area contributed by atoms with Crippen LogP contribution < -0.4 is 9.64 Å². The van der Waals surface area contributed by atoms with Crippen molar-refractivity contribution in [1.82, 2.24) is 0 Å². The third kappa shape index (κ3) is 2.68. The molecule has 5 nitrogen and oxygen atoms in total. The predicted molar refractivity (Wildman–Crippen MR) is 123 cm³/mol. The van der Waals surface area contributed by atoms with E-state index in [1.54, 1.807) is 30.3 Å². The average Bonchev–Trinajstić information content (AvgIpc) is 3.62. The largest absolute Gasteiger partial charge is 0.423 e. The quantitative estimate of drug-likeness (QED) is 0.261. The molecular formula is C28H21NO4. The van der Waals surface area contributed by atoms with Gasteiger partial charge in [-0.1, -0.05) is 48.6 Å². The molecular weight excluding hydrogens is 414 g/mol. The van der Waals surface area contributed by atoms with Crippen LogP contribution in [-0.4, -0.2) is 17.8 Å². The summed E-state index contributed by atoms with van der Waals surface area (Å²) in [6.07, 6.45) is 5.45. The first kappa shape index (κ1) is 18.8. The molecule has 3 fully saturated rings. The maximum Gasteiger partial charge on any atom is 0.343 e. The summed E-state index contributed by atoms with van der Waals surface area (Å²) in [6.45, 7) is 0. The van der Waals surface area contributed by atoms with Gasteiger partial charge in [-0.3, -0.25) is 9.59 Å². The van der Waals surface area contributed by atoms with Gasteiger partial charge < -0.3 is 4.74 Å². The van der Waals surface area contributed by atoms with Gasteiger partial charge in [-0.2, -0.15) is 0 Å². The SMILES string of the molecule is O=C(Oc1ccc2ccccc2c1)c1cccc(N2C(=O)C3C4C=CC(C5CC45)C3C2=O)c1. The molecule has 0 N–H and O–H groups in total. The third-order valence-corrected chi connectivity index (χ3v) is 7.93. The normalized spacial score (nSPS) is 31.0. The van der Waals surface area contributed by atoms with E-state index in [4.69, 9.17) is 4.74 Å². The molecule has 0 radical (unpaired) electrons. The molecule has 5 aliphatic rings. The summed E-state index contributed by atoms with van der Waals surface area (Å²) >= 11 is 0. The second-order valence-electron chi connectivity index (χ2n) is 9.62. The zero-order valence-corrected chi connectivity index (χ0v) is 17.8. The summed E-state index contributed by atoms with van der Waals surface area (Å²) < 4.78 is 5.60. The van der Waals surface area contributed by atoms with Crippen molar-refractivity contribution in [3.63, 3.8) is 0 Å². The molecule has 33 heavy (non-hydrogen) atoms. The van der Waals surface area contributed by atoms with Gasteiger partial charge in [0.2, 0.25) is 11.8 Å². The lowest BCUT2D eigenvalue weighted by molar-refractivity contribution is -0.124. The zero-order chi connectivity index (χ0) is 22.3. The van der Waals surface area contributed by atoms with E-state index < -0.39 is 5.97 Å². The van der Waals surface area contributed by atoms with Gasteiger partial charge in [0.1, 0.15) is 5.75 Å². The Morgan fingerprint density at radius 2 is 1.48 bits per heavy atom. The number of carbonyl (C=O) groups excluding carboxylic acids is 3. The monoisotopic (exact) mass is 435 g/mol. The first-order valence-electron chi connectivity index (χ1n) is 11.5. The van der Waals surface area contributed by atoms with E-state index in [-0.39, 0.29) is 35.5 Å². The third-order valence-electron chi connectivity index (χ3n) is 7.93. The molecule has 162 valence electrons. The van der Waals surface area contributed by atoms with Crippen LogP contribution in [0.25, 0.3) is 10.8 Å². The average molecular weight is 435 g/mol. The van der Waals surface area contributed by atoms with Gasteiger partial charge in [0.15, 0.2) is 0 Å².